The van der Waals surface area contributed by atoms with E-state index in [2.05, 4.69) is 21.9 Å². The van der Waals surface area contributed by atoms with Gasteiger partial charge in [-0.2, -0.15) is 9.78 Å². The van der Waals surface area contributed by atoms with Gasteiger partial charge in [0.25, 0.3) is 5.56 Å². The molecule has 0 spiro atoms. The minimum absolute atomic E-state index is 0.226. The van der Waals surface area contributed by atoms with Crippen LogP contribution in [0.1, 0.15) is 5.56 Å². The molecule has 0 bridgehead atoms. The van der Waals surface area contributed by atoms with Crippen LogP contribution in [-0.4, -0.2) is 40.3 Å². The summed E-state index contributed by atoms with van der Waals surface area (Å²) in [5, 5.41) is 4.97. The van der Waals surface area contributed by atoms with Crippen molar-refractivity contribution in [2.24, 2.45) is 0 Å². The molecule has 7 heteroatoms. The van der Waals surface area contributed by atoms with Crippen LogP contribution >= 0.6 is 0 Å². The zero-order chi connectivity index (χ0) is 19.8. The number of fused-ring (bicyclic) bond motifs is 3. The largest absolute Gasteiger partial charge is 0.360 e. The number of rotatable bonds is 2. The molecule has 28 heavy (non-hydrogen) atoms. The van der Waals surface area contributed by atoms with Crippen molar-refractivity contribution in [3.63, 3.8) is 0 Å². The third kappa shape index (κ3) is 3.15. The van der Waals surface area contributed by atoms with E-state index in [1.165, 1.54) is 6.20 Å². The third-order valence-electron chi connectivity index (χ3n) is 4.29. The lowest BCUT2D eigenvalue weighted by Gasteiger charge is -2.04. The quantitative estimate of drug-likeness (QED) is 0.546. The molecule has 2 heterocycles. The van der Waals surface area contributed by atoms with Gasteiger partial charge in [0.1, 0.15) is 23.0 Å². The Kier molecular flexibility index (Phi) is 4.41. The normalized spacial score (nSPS) is 11.2. The van der Waals surface area contributed by atoms with Gasteiger partial charge in [-0.25, -0.2) is 8.78 Å². The molecular formula is C21H16F2N4O. The van der Waals surface area contributed by atoms with Crippen LogP contribution < -0.4 is 5.56 Å². The Balaban J connectivity index is 1.91. The molecule has 0 unspecified atom stereocenters. The predicted octanol–water partition coefficient (Wildman–Crippen LogP) is 3.01. The van der Waals surface area contributed by atoms with E-state index in [0.717, 1.165) is 34.0 Å². The van der Waals surface area contributed by atoms with Crippen LogP contribution in [0.2, 0.25) is 0 Å². The van der Waals surface area contributed by atoms with Gasteiger partial charge >= 0.3 is 0 Å². The van der Waals surface area contributed by atoms with Crippen LogP contribution in [0.3, 0.4) is 0 Å². The highest BCUT2D eigenvalue weighted by atomic mass is 19.1. The van der Waals surface area contributed by atoms with Gasteiger partial charge in [-0.05, 0) is 44.4 Å². The fourth-order valence-electron chi connectivity index (χ4n) is 2.95. The summed E-state index contributed by atoms with van der Waals surface area (Å²) >= 11 is 0. The van der Waals surface area contributed by atoms with Crippen LogP contribution in [-0.2, 0) is 0 Å². The topological polar surface area (TPSA) is 53.9 Å². The zero-order valence-electron chi connectivity index (χ0n) is 15.3. The fraction of sp³-hybridized carbons (Fsp3) is 0.143. The highest BCUT2D eigenvalue weighted by Crippen LogP contribution is 2.27. The van der Waals surface area contributed by atoms with Gasteiger partial charge < -0.3 is 4.98 Å². The summed E-state index contributed by atoms with van der Waals surface area (Å²) < 4.78 is 28.6. The smallest absolute Gasteiger partial charge is 0.282 e. The zero-order valence-corrected chi connectivity index (χ0v) is 15.3. The van der Waals surface area contributed by atoms with Crippen LogP contribution in [0.25, 0.3) is 27.8 Å². The van der Waals surface area contributed by atoms with Crippen molar-refractivity contribution in [3.8, 4) is 28.8 Å². The summed E-state index contributed by atoms with van der Waals surface area (Å²) in [4.78, 5) is 17.7. The van der Waals surface area contributed by atoms with Crippen LogP contribution in [0, 0.1) is 23.5 Å². The van der Waals surface area contributed by atoms with Crippen molar-refractivity contribution < 1.29 is 8.78 Å². The van der Waals surface area contributed by atoms with E-state index in [1.807, 2.05) is 37.2 Å². The number of halogens is 2. The number of pyridine rings is 1. The molecule has 0 fully saturated rings. The fourth-order valence-corrected chi connectivity index (χ4v) is 2.95. The van der Waals surface area contributed by atoms with Gasteiger partial charge in [-0.3, -0.25) is 9.69 Å². The van der Waals surface area contributed by atoms with Gasteiger partial charge in [0.2, 0.25) is 0 Å². The van der Waals surface area contributed by atoms with E-state index in [-0.39, 0.29) is 11.3 Å². The minimum Gasteiger partial charge on any atom is -0.360 e. The van der Waals surface area contributed by atoms with Gasteiger partial charge in [0.05, 0.1) is 12.1 Å². The molecular weight excluding hydrogens is 362 g/mol. The van der Waals surface area contributed by atoms with Gasteiger partial charge in [-0.15, -0.1) is 0 Å². The van der Waals surface area contributed by atoms with Crippen LogP contribution in [0.4, 0.5) is 8.78 Å². The Bertz CT molecular complexity index is 1280. The molecule has 0 saturated carbocycles. The van der Waals surface area contributed by atoms with E-state index in [0.29, 0.717) is 17.6 Å². The molecule has 1 N–H and O–H groups in total. The summed E-state index contributed by atoms with van der Waals surface area (Å²) in [6, 6.07) is 8.46. The number of nitrogens with zero attached hydrogens (tertiary/aromatic N) is 3. The molecule has 4 rings (SSSR count). The Morgan fingerprint density at radius 2 is 2.00 bits per heavy atom. The molecule has 140 valence electrons. The SMILES string of the molecule is CN(C)CC#Cc1ccc2[nH]cc3c(=O)n(-c4cc(F)ccc4F)nc-3c2c1. The van der Waals surface area contributed by atoms with E-state index < -0.39 is 17.2 Å². The van der Waals surface area contributed by atoms with Crippen molar-refractivity contribution in [1.82, 2.24) is 19.7 Å². The van der Waals surface area contributed by atoms with E-state index >= 15 is 0 Å². The number of H-pyrrole nitrogens is 1. The molecule has 0 amide bonds. The number of nitrogens with one attached hydrogen (secondary N) is 1. The second kappa shape index (κ2) is 6.91. The molecule has 0 aromatic heterocycles. The molecule has 0 atom stereocenters. The minimum atomic E-state index is -0.727. The highest BCUT2D eigenvalue weighted by Gasteiger charge is 2.21. The lowest BCUT2D eigenvalue weighted by Crippen LogP contribution is -2.16. The van der Waals surface area contributed by atoms with Crippen LogP contribution in [0.15, 0.2) is 47.4 Å². The van der Waals surface area contributed by atoms with Crippen molar-refractivity contribution >= 4 is 10.9 Å². The number of hydrogen-bond donors (Lipinski definition) is 1. The molecule has 5 nitrogen and oxygen atoms in total. The van der Waals surface area contributed by atoms with Gasteiger partial charge in [-0.1, -0.05) is 11.8 Å². The molecule has 0 aliphatic carbocycles. The van der Waals surface area contributed by atoms with Crippen molar-refractivity contribution in [3.05, 3.63) is 70.1 Å². The third-order valence-corrected chi connectivity index (χ3v) is 4.29. The summed E-state index contributed by atoms with van der Waals surface area (Å²) in [5.41, 5.74) is 1.47. The first-order valence-corrected chi connectivity index (χ1v) is 8.57. The summed E-state index contributed by atoms with van der Waals surface area (Å²) in [6.07, 6.45) is 1.53. The summed E-state index contributed by atoms with van der Waals surface area (Å²) in [7, 11) is 3.86. The lowest BCUT2D eigenvalue weighted by molar-refractivity contribution is 0.464. The second-order valence-corrected chi connectivity index (χ2v) is 6.66. The first-order chi connectivity index (χ1) is 13.4. The maximum absolute atomic E-state index is 14.1. The molecule has 0 saturated heterocycles. The van der Waals surface area contributed by atoms with E-state index in [1.54, 1.807) is 0 Å². The van der Waals surface area contributed by atoms with E-state index in [4.69, 9.17) is 0 Å². The summed E-state index contributed by atoms with van der Waals surface area (Å²) in [5.74, 6) is 4.76. The first-order valence-electron chi connectivity index (χ1n) is 8.57. The maximum Gasteiger partial charge on any atom is 0.282 e. The van der Waals surface area contributed by atoms with Crippen molar-refractivity contribution in [1.29, 1.82) is 0 Å². The number of aromatic nitrogens is 3. The second-order valence-electron chi connectivity index (χ2n) is 6.66. The Labute approximate surface area is 159 Å². The number of aromatic amines is 1. The number of benzene rings is 2. The standard InChI is InChI=1S/C21H16F2N4O/c1-26(2)9-3-4-13-5-8-18-15(10-13)20-16(12-24-18)21(28)27(25-20)19-11-14(22)6-7-17(19)23/h5-8,10-12,24H,9H2,1-2H3. The first kappa shape index (κ1) is 17.9. The van der Waals surface area contributed by atoms with E-state index in [9.17, 15) is 13.6 Å². The molecule has 2 aliphatic rings. The monoisotopic (exact) mass is 378 g/mol. The predicted molar refractivity (Wildman–Crippen MR) is 104 cm³/mol. The lowest BCUT2D eigenvalue weighted by atomic mass is 10.1. The molecule has 2 aliphatic heterocycles. The average molecular weight is 378 g/mol. The molecule has 2 aromatic carbocycles. The summed E-state index contributed by atoms with van der Waals surface area (Å²) in [6.45, 7) is 0.618. The molecule has 0 radical (unpaired) electrons. The van der Waals surface area contributed by atoms with Crippen LogP contribution in [0.5, 0.6) is 0 Å². The van der Waals surface area contributed by atoms with Crippen molar-refractivity contribution in [2.45, 2.75) is 0 Å². The highest BCUT2D eigenvalue weighted by molar-refractivity contribution is 5.94. The Hall–Kier alpha value is -3.50. The van der Waals surface area contributed by atoms with Crippen molar-refractivity contribution in [2.75, 3.05) is 20.6 Å². The Morgan fingerprint density at radius 1 is 1.18 bits per heavy atom. The maximum atomic E-state index is 14.1. The Morgan fingerprint density at radius 3 is 2.79 bits per heavy atom. The average Bonchev–Trinajstić information content (AvgIpc) is 3.00. The molecule has 2 aromatic rings. The van der Waals surface area contributed by atoms with Gasteiger partial charge in [0, 0.05) is 28.7 Å². The van der Waals surface area contributed by atoms with Gasteiger partial charge in [0.15, 0.2) is 0 Å². The number of hydrogen-bond acceptors (Lipinski definition) is 3.